The summed E-state index contributed by atoms with van der Waals surface area (Å²) in [6.45, 7) is 5.49. The fourth-order valence-corrected chi connectivity index (χ4v) is 2.72. The summed E-state index contributed by atoms with van der Waals surface area (Å²) in [6, 6.07) is 0. The van der Waals surface area contributed by atoms with Gasteiger partial charge < -0.3 is 14.9 Å². The van der Waals surface area contributed by atoms with Gasteiger partial charge in [-0.1, -0.05) is 13.0 Å². The van der Waals surface area contributed by atoms with Gasteiger partial charge in [-0.2, -0.15) is 0 Å². The minimum Gasteiger partial charge on any atom is -0.467 e. The Morgan fingerprint density at radius 1 is 1.59 bits per heavy atom. The van der Waals surface area contributed by atoms with Crippen molar-refractivity contribution >= 4 is 5.97 Å². The average molecular weight is 242 g/mol. The number of carbonyl (C=O) groups is 1. The second-order valence-corrected chi connectivity index (χ2v) is 5.03. The molecule has 0 aromatic carbocycles. The van der Waals surface area contributed by atoms with Crippen LogP contribution >= 0.6 is 0 Å². The van der Waals surface area contributed by atoms with Crippen molar-refractivity contribution in [1.82, 2.24) is 0 Å². The van der Waals surface area contributed by atoms with Crippen molar-refractivity contribution in [3.8, 4) is 0 Å². The van der Waals surface area contributed by atoms with E-state index in [4.69, 9.17) is 0 Å². The third-order valence-corrected chi connectivity index (χ3v) is 3.63. The molecular formula is C13H22O4. The van der Waals surface area contributed by atoms with Crippen LogP contribution in [0, 0.1) is 11.8 Å². The van der Waals surface area contributed by atoms with Crippen molar-refractivity contribution in [2.24, 2.45) is 11.8 Å². The Balaban J connectivity index is 2.78. The monoisotopic (exact) mass is 242 g/mol. The number of esters is 1. The fraction of sp³-hybridized carbons (Fsp3) is 0.769. The van der Waals surface area contributed by atoms with E-state index in [1.807, 2.05) is 6.92 Å². The highest BCUT2D eigenvalue weighted by molar-refractivity contribution is 5.79. The summed E-state index contributed by atoms with van der Waals surface area (Å²) in [5, 5.41) is 20.3. The molecule has 4 heteroatoms. The van der Waals surface area contributed by atoms with E-state index >= 15 is 0 Å². The number of ether oxygens (including phenoxy) is 1. The highest BCUT2D eigenvalue weighted by Gasteiger charge is 2.47. The van der Waals surface area contributed by atoms with Crippen LogP contribution in [0.4, 0.5) is 0 Å². The van der Waals surface area contributed by atoms with E-state index in [0.29, 0.717) is 0 Å². The van der Waals surface area contributed by atoms with E-state index in [1.165, 1.54) is 7.11 Å². The second-order valence-electron chi connectivity index (χ2n) is 5.03. The molecule has 0 radical (unpaired) electrons. The van der Waals surface area contributed by atoms with Gasteiger partial charge in [-0.15, -0.1) is 6.58 Å². The molecule has 0 aromatic heterocycles. The number of methoxy groups -OCH3 is 1. The van der Waals surface area contributed by atoms with E-state index in [2.05, 4.69) is 11.3 Å². The summed E-state index contributed by atoms with van der Waals surface area (Å²) in [5.74, 6) is -0.789. The highest BCUT2D eigenvalue weighted by atomic mass is 16.5. The van der Waals surface area contributed by atoms with Crippen molar-refractivity contribution in [2.45, 2.75) is 44.3 Å². The van der Waals surface area contributed by atoms with Crippen LogP contribution in [-0.4, -0.2) is 35.0 Å². The van der Waals surface area contributed by atoms with E-state index in [-0.39, 0.29) is 24.7 Å². The molecule has 0 amide bonds. The standard InChI is InChI=1S/C13H22O4/c1-4-5-6-10-8-13(16,12(15)17-3)7-9(2)11(10)14/h4,9-11,14,16H,1,5-8H2,2-3H3/t9-,10+,11+,13-/m1/s1. The summed E-state index contributed by atoms with van der Waals surface area (Å²) < 4.78 is 4.64. The van der Waals surface area contributed by atoms with Crippen molar-refractivity contribution in [1.29, 1.82) is 0 Å². The maximum atomic E-state index is 11.6. The molecule has 0 aliphatic heterocycles. The first-order chi connectivity index (χ1) is 7.94. The lowest BCUT2D eigenvalue weighted by molar-refractivity contribution is -0.175. The van der Waals surface area contributed by atoms with E-state index in [9.17, 15) is 15.0 Å². The smallest absolute Gasteiger partial charge is 0.337 e. The number of carbonyl (C=O) groups excluding carboxylic acids is 1. The van der Waals surface area contributed by atoms with Crippen LogP contribution in [0.5, 0.6) is 0 Å². The molecular weight excluding hydrogens is 220 g/mol. The molecule has 17 heavy (non-hydrogen) atoms. The normalized spacial score (nSPS) is 37.5. The molecule has 0 aromatic rings. The summed E-state index contributed by atoms with van der Waals surface area (Å²) in [6.07, 6.45) is 3.33. The Morgan fingerprint density at radius 3 is 2.76 bits per heavy atom. The van der Waals surface area contributed by atoms with Gasteiger partial charge in [0.2, 0.25) is 0 Å². The van der Waals surface area contributed by atoms with E-state index in [0.717, 1.165) is 12.8 Å². The fourth-order valence-electron chi connectivity index (χ4n) is 2.72. The summed E-state index contributed by atoms with van der Waals surface area (Å²) in [4.78, 5) is 11.6. The molecule has 1 saturated carbocycles. The zero-order valence-corrected chi connectivity index (χ0v) is 10.6. The Bertz CT molecular complexity index is 289. The Morgan fingerprint density at radius 2 is 2.24 bits per heavy atom. The molecule has 2 N–H and O–H groups in total. The topological polar surface area (TPSA) is 66.8 Å². The van der Waals surface area contributed by atoms with Crippen LogP contribution in [-0.2, 0) is 9.53 Å². The van der Waals surface area contributed by atoms with Crippen LogP contribution in [0.25, 0.3) is 0 Å². The second kappa shape index (κ2) is 5.65. The van der Waals surface area contributed by atoms with E-state index in [1.54, 1.807) is 6.08 Å². The van der Waals surface area contributed by atoms with Crippen LogP contribution in [0.3, 0.4) is 0 Å². The molecule has 1 aliphatic carbocycles. The predicted octanol–water partition coefficient (Wildman–Crippen LogP) is 1.26. The van der Waals surface area contributed by atoms with Crippen LogP contribution < -0.4 is 0 Å². The first-order valence-electron chi connectivity index (χ1n) is 6.04. The van der Waals surface area contributed by atoms with Gasteiger partial charge in [0.15, 0.2) is 5.60 Å². The predicted molar refractivity (Wildman–Crippen MR) is 64.3 cm³/mol. The number of hydrogen-bond acceptors (Lipinski definition) is 4. The van der Waals surface area contributed by atoms with Gasteiger partial charge in [0.1, 0.15) is 0 Å². The Kier molecular flexibility index (Phi) is 4.71. The Labute approximate surface area is 102 Å². The molecule has 1 rings (SSSR count). The van der Waals surface area contributed by atoms with Gasteiger partial charge in [-0.3, -0.25) is 0 Å². The third kappa shape index (κ3) is 3.07. The van der Waals surface area contributed by atoms with Gasteiger partial charge >= 0.3 is 5.97 Å². The first kappa shape index (κ1) is 14.2. The van der Waals surface area contributed by atoms with Crippen LogP contribution in [0.2, 0.25) is 0 Å². The quantitative estimate of drug-likeness (QED) is 0.575. The van der Waals surface area contributed by atoms with Crippen molar-refractivity contribution < 1.29 is 19.7 Å². The SMILES string of the molecule is C=CCC[C@H]1C[C@@](O)(C(=O)OC)C[C@@H](C)[C@@H]1O. The van der Waals surface area contributed by atoms with Crippen LogP contribution in [0.15, 0.2) is 12.7 Å². The molecule has 0 unspecified atom stereocenters. The van der Waals surface area contributed by atoms with Crippen molar-refractivity contribution in [3.63, 3.8) is 0 Å². The number of allylic oxidation sites excluding steroid dienone is 1. The number of hydrogen-bond donors (Lipinski definition) is 2. The molecule has 98 valence electrons. The summed E-state index contributed by atoms with van der Waals surface area (Å²) in [7, 11) is 1.27. The maximum absolute atomic E-state index is 11.6. The molecule has 1 fully saturated rings. The number of aliphatic hydroxyl groups is 2. The van der Waals surface area contributed by atoms with Gasteiger partial charge in [0.25, 0.3) is 0 Å². The van der Waals surface area contributed by atoms with Gasteiger partial charge in [0.05, 0.1) is 13.2 Å². The van der Waals surface area contributed by atoms with Crippen molar-refractivity contribution in [2.75, 3.05) is 7.11 Å². The third-order valence-electron chi connectivity index (χ3n) is 3.63. The average Bonchev–Trinajstić information content (AvgIpc) is 2.31. The van der Waals surface area contributed by atoms with E-state index < -0.39 is 17.7 Å². The van der Waals surface area contributed by atoms with Crippen molar-refractivity contribution in [3.05, 3.63) is 12.7 Å². The molecule has 4 atom stereocenters. The summed E-state index contributed by atoms with van der Waals surface area (Å²) in [5.41, 5.74) is -1.45. The lowest BCUT2D eigenvalue weighted by Crippen LogP contribution is -2.51. The molecule has 0 bridgehead atoms. The Hall–Kier alpha value is -0.870. The molecule has 4 nitrogen and oxygen atoms in total. The zero-order valence-electron chi connectivity index (χ0n) is 10.6. The minimum absolute atomic E-state index is 0.0825. The highest BCUT2D eigenvalue weighted by Crippen LogP contribution is 2.39. The van der Waals surface area contributed by atoms with Gasteiger partial charge in [-0.25, -0.2) is 4.79 Å². The molecule has 0 heterocycles. The molecule has 1 aliphatic rings. The minimum atomic E-state index is -1.45. The lowest BCUT2D eigenvalue weighted by Gasteiger charge is -2.41. The van der Waals surface area contributed by atoms with Gasteiger partial charge in [-0.05, 0) is 37.5 Å². The lowest BCUT2D eigenvalue weighted by atomic mass is 9.70. The maximum Gasteiger partial charge on any atom is 0.337 e. The zero-order chi connectivity index (χ0) is 13.1. The van der Waals surface area contributed by atoms with Gasteiger partial charge in [0, 0.05) is 0 Å². The summed E-state index contributed by atoms with van der Waals surface area (Å²) >= 11 is 0. The first-order valence-corrected chi connectivity index (χ1v) is 6.04. The number of rotatable bonds is 4. The van der Waals surface area contributed by atoms with Crippen LogP contribution in [0.1, 0.15) is 32.6 Å². The number of aliphatic hydroxyl groups excluding tert-OH is 1. The molecule has 0 saturated heterocycles. The largest absolute Gasteiger partial charge is 0.467 e. The molecule has 0 spiro atoms.